The van der Waals surface area contributed by atoms with Gasteiger partial charge in [-0.15, -0.1) is 0 Å². The molecule has 0 unspecified atom stereocenters. The summed E-state index contributed by atoms with van der Waals surface area (Å²) in [6, 6.07) is 5.71. The van der Waals surface area contributed by atoms with E-state index >= 15 is 0 Å². The number of nitrogens with one attached hydrogen (secondary N) is 1. The second kappa shape index (κ2) is 4.35. The Kier molecular flexibility index (Phi) is 3.09. The second-order valence-electron chi connectivity index (χ2n) is 2.44. The number of aromatic nitrogens is 1. The zero-order valence-electron chi connectivity index (χ0n) is 7.04. The minimum atomic E-state index is 0.464. The number of anilines is 1. The van der Waals surface area contributed by atoms with Crippen LogP contribution < -0.4 is 5.32 Å². The molecule has 0 spiro atoms. The van der Waals surface area contributed by atoms with Crippen LogP contribution in [-0.4, -0.2) is 11.5 Å². The van der Waals surface area contributed by atoms with Gasteiger partial charge in [0.1, 0.15) is 6.07 Å². The quantitative estimate of drug-likeness (QED) is 0.735. The molecule has 1 aromatic heterocycles. The van der Waals surface area contributed by atoms with Crippen LogP contribution in [0.5, 0.6) is 0 Å². The molecular weight excluding hydrogens is 150 g/mol. The van der Waals surface area contributed by atoms with Crippen LogP contribution in [-0.2, 0) is 0 Å². The Hall–Kier alpha value is -1.56. The number of nitrogens with zero attached hydrogens (tertiary/aromatic N) is 2. The Morgan fingerprint density at radius 1 is 1.67 bits per heavy atom. The molecule has 0 radical (unpaired) electrons. The molecule has 1 aromatic rings. The Morgan fingerprint density at radius 3 is 3.17 bits per heavy atom. The average Bonchev–Trinajstić information content (AvgIpc) is 2.15. The van der Waals surface area contributed by atoms with Crippen LogP contribution in [0.2, 0.25) is 0 Å². The molecule has 0 aliphatic rings. The Balaban J connectivity index is 2.77. The molecule has 0 saturated heterocycles. The molecule has 12 heavy (non-hydrogen) atoms. The zero-order chi connectivity index (χ0) is 8.81. The summed E-state index contributed by atoms with van der Waals surface area (Å²) in [4.78, 5) is 3.93. The summed E-state index contributed by atoms with van der Waals surface area (Å²) in [5.41, 5.74) is 1.29. The third kappa shape index (κ3) is 1.96. The van der Waals surface area contributed by atoms with Crippen molar-refractivity contribution in [3.63, 3.8) is 0 Å². The van der Waals surface area contributed by atoms with E-state index in [-0.39, 0.29) is 0 Å². The third-order valence-electron chi connectivity index (χ3n) is 1.48. The summed E-state index contributed by atoms with van der Waals surface area (Å²) in [6.45, 7) is 2.95. The van der Waals surface area contributed by atoms with E-state index in [4.69, 9.17) is 5.26 Å². The van der Waals surface area contributed by atoms with E-state index in [0.717, 1.165) is 18.7 Å². The van der Waals surface area contributed by atoms with Crippen molar-refractivity contribution in [1.82, 2.24) is 4.98 Å². The summed E-state index contributed by atoms with van der Waals surface area (Å²) < 4.78 is 0. The molecule has 0 amide bonds. The van der Waals surface area contributed by atoms with Gasteiger partial charge in [0.2, 0.25) is 0 Å². The van der Waals surface area contributed by atoms with E-state index in [2.05, 4.69) is 17.2 Å². The van der Waals surface area contributed by atoms with Crippen LogP contribution in [0.15, 0.2) is 18.3 Å². The van der Waals surface area contributed by atoms with Gasteiger partial charge in [-0.25, -0.2) is 4.98 Å². The van der Waals surface area contributed by atoms with Crippen LogP contribution in [0.25, 0.3) is 0 Å². The van der Waals surface area contributed by atoms with Crippen molar-refractivity contribution in [2.75, 3.05) is 11.9 Å². The van der Waals surface area contributed by atoms with Crippen molar-refractivity contribution in [2.45, 2.75) is 13.3 Å². The van der Waals surface area contributed by atoms with Crippen LogP contribution >= 0.6 is 0 Å². The normalized spacial score (nSPS) is 9.00. The minimum absolute atomic E-state index is 0.464. The molecule has 0 fully saturated rings. The first-order valence-electron chi connectivity index (χ1n) is 3.97. The number of pyridine rings is 1. The number of hydrogen-bond donors (Lipinski definition) is 1. The highest BCUT2D eigenvalue weighted by Gasteiger charge is 1.98. The highest BCUT2D eigenvalue weighted by molar-refractivity contribution is 5.53. The molecule has 62 valence electrons. The SMILES string of the molecule is CCCNc1cccnc1C#N. The molecule has 0 saturated carbocycles. The lowest BCUT2D eigenvalue weighted by molar-refractivity contribution is 0.976. The Morgan fingerprint density at radius 2 is 2.50 bits per heavy atom. The minimum Gasteiger partial charge on any atom is -0.383 e. The maximum Gasteiger partial charge on any atom is 0.163 e. The van der Waals surface area contributed by atoms with E-state index in [0.29, 0.717) is 5.69 Å². The fourth-order valence-corrected chi connectivity index (χ4v) is 0.897. The fourth-order valence-electron chi connectivity index (χ4n) is 0.897. The first-order chi connectivity index (χ1) is 5.88. The van der Waals surface area contributed by atoms with Crippen molar-refractivity contribution < 1.29 is 0 Å². The highest BCUT2D eigenvalue weighted by Crippen LogP contribution is 2.09. The Labute approximate surface area is 72.1 Å². The smallest absolute Gasteiger partial charge is 0.163 e. The lowest BCUT2D eigenvalue weighted by atomic mass is 10.3. The molecule has 0 bridgehead atoms. The third-order valence-corrected chi connectivity index (χ3v) is 1.48. The van der Waals surface area contributed by atoms with E-state index in [9.17, 15) is 0 Å². The van der Waals surface area contributed by atoms with Crippen LogP contribution in [0.4, 0.5) is 5.69 Å². The van der Waals surface area contributed by atoms with Crippen molar-refractivity contribution >= 4 is 5.69 Å². The first-order valence-corrected chi connectivity index (χ1v) is 3.97. The second-order valence-corrected chi connectivity index (χ2v) is 2.44. The van der Waals surface area contributed by atoms with Gasteiger partial charge in [0.25, 0.3) is 0 Å². The van der Waals surface area contributed by atoms with Crippen molar-refractivity contribution in [1.29, 1.82) is 5.26 Å². The predicted octanol–water partition coefficient (Wildman–Crippen LogP) is 1.78. The summed E-state index contributed by atoms with van der Waals surface area (Å²) in [7, 11) is 0. The van der Waals surface area contributed by atoms with Gasteiger partial charge in [0.15, 0.2) is 5.69 Å². The Bertz CT molecular complexity index is 288. The molecule has 3 nitrogen and oxygen atoms in total. The van der Waals surface area contributed by atoms with Crippen molar-refractivity contribution in [3.05, 3.63) is 24.0 Å². The highest BCUT2D eigenvalue weighted by atomic mass is 14.9. The fraction of sp³-hybridized carbons (Fsp3) is 0.333. The van der Waals surface area contributed by atoms with Gasteiger partial charge in [0, 0.05) is 12.7 Å². The van der Waals surface area contributed by atoms with Crippen molar-refractivity contribution in [3.8, 4) is 6.07 Å². The standard InChI is InChI=1S/C9H11N3/c1-2-5-11-8-4-3-6-12-9(8)7-10/h3-4,6,11H,2,5H2,1H3. The maximum absolute atomic E-state index is 8.67. The molecule has 1 heterocycles. The number of nitriles is 1. The first kappa shape index (κ1) is 8.54. The van der Waals surface area contributed by atoms with E-state index in [1.54, 1.807) is 6.20 Å². The summed E-state index contributed by atoms with van der Waals surface area (Å²) in [6.07, 6.45) is 2.66. The largest absolute Gasteiger partial charge is 0.383 e. The van der Waals surface area contributed by atoms with E-state index in [1.165, 1.54) is 0 Å². The van der Waals surface area contributed by atoms with Crippen LogP contribution in [0.3, 0.4) is 0 Å². The van der Waals surface area contributed by atoms with Crippen LogP contribution in [0, 0.1) is 11.3 Å². The van der Waals surface area contributed by atoms with Gasteiger partial charge in [-0.05, 0) is 18.6 Å². The number of hydrogen-bond acceptors (Lipinski definition) is 3. The summed E-state index contributed by atoms with van der Waals surface area (Å²) >= 11 is 0. The average molecular weight is 161 g/mol. The molecular formula is C9H11N3. The van der Waals surface area contributed by atoms with Gasteiger partial charge in [-0.3, -0.25) is 0 Å². The predicted molar refractivity (Wildman–Crippen MR) is 47.7 cm³/mol. The van der Waals surface area contributed by atoms with Gasteiger partial charge in [-0.1, -0.05) is 6.92 Å². The molecule has 1 N–H and O–H groups in total. The summed E-state index contributed by atoms with van der Waals surface area (Å²) in [5, 5.41) is 11.8. The summed E-state index contributed by atoms with van der Waals surface area (Å²) in [5.74, 6) is 0. The molecule has 0 aliphatic carbocycles. The van der Waals surface area contributed by atoms with Gasteiger partial charge in [-0.2, -0.15) is 5.26 Å². The van der Waals surface area contributed by atoms with Crippen molar-refractivity contribution in [2.24, 2.45) is 0 Å². The number of rotatable bonds is 3. The van der Waals surface area contributed by atoms with E-state index < -0.39 is 0 Å². The molecule has 0 aliphatic heterocycles. The lowest BCUT2D eigenvalue weighted by Gasteiger charge is -2.04. The molecule has 1 rings (SSSR count). The van der Waals surface area contributed by atoms with E-state index in [1.807, 2.05) is 18.2 Å². The zero-order valence-corrected chi connectivity index (χ0v) is 7.04. The van der Waals surface area contributed by atoms with Gasteiger partial charge in [0.05, 0.1) is 5.69 Å². The maximum atomic E-state index is 8.67. The topological polar surface area (TPSA) is 48.7 Å². The monoisotopic (exact) mass is 161 g/mol. The van der Waals surface area contributed by atoms with Gasteiger partial charge >= 0.3 is 0 Å². The molecule has 0 aromatic carbocycles. The molecule has 0 atom stereocenters. The molecule has 3 heteroatoms. The van der Waals surface area contributed by atoms with Gasteiger partial charge < -0.3 is 5.32 Å². The lowest BCUT2D eigenvalue weighted by Crippen LogP contribution is -2.02. The van der Waals surface area contributed by atoms with Crippen LogP contribution in [0.1, 0.15) is 19.0 Å².